The smallest absolute Gasteiger partial charge is 0.251 e. The number of hydrogen-bond acceptors (Lipinski definition) is 3. The Morgan fingerprint density at radius 1 is 1.12 bits per heavy atom. The van der Waals surface area contributed by atoms with Crippen LogP contribution in [0.15, 0.2) is 48.5 Å². The molecule has 1 atom stereocenters. The van der Waals surface area contributed by atoms with Gasteiger partial charge in [-0.05, 0) is 43.0 Å². The van der Waals surface area contributed by atoms with Crippen molar-refractivity contribution >= 4 is 18.3 Å². The molecule has 0 aliphatic carbocycles. The molecule has 2 aromatic rings. The highest BCUT2D eigenvalue weighted by atomic mass is 35.5. The molecule has 142 valence electrons. The van der Waals surface area contributed by atoms with Crippen LogP contribution in [-0.4, -0.2) is 12.5 Å². The average Bonchev–Trinajstić information content (AvgIpc) is 2.61. The Kier molecular flexibility index (Phi) is 9.17. The van der Waals surface area contributed by atoms with E-state index >= 15 is 0 Å². The Morgan fingerprint density at radius 2 is 1.77 bits per heavy atom. The number of para-hydroxylation sites is 1. The standard InChI is InChI=1S/C21H28N2O2.ClH/c1-4-25-20-8-6-5-7-18(20)19(13-15(2)3)23-21(24)17-11-9-16(14-22)10-12-17;/h5-12,15,19H,4,13-14,22H2,1-3H3,(H,23,24);1H. The maximum atomic E-state index is 12.7. The molecule has 2 aromatic carbocycles. The summed E-state index contributed by atoms with van der Waals surface area (Å²) in [6, 6.07) is 15.2. The van der Waals surface area contributed by atoms with Gasteiger partial charge < -0.3 is 15.8 Å². The van der Waals surface area contributed by atoms with Crippen LogP contribution in [0.4, 0.5) is 0 Å². The van der Waals surface area contributed by atoms with E-state index in [9.17, 15) is 4.79 Å². The van der Waals surface area contributed by atoms with Gasteiger partial charge in [-0.2, -0.15) is 0 Å². The molecular formula is C21H29ClN2O2. The first-order valence-electron chi connectivity index (χ1n) is 8.86. The first-order valence-corrected chi connectivity index (χ1v) is 8.86. The van der Waals surface area contributed by atoms with Gasteiger partial charge in [0.2, 0.25) is 0 Å². The third kappa shape index (κ3) is 6.04. The SMILES string of the molecule is CCOc1ccccc1C(CC(C)C)NC(=O)c1ccc(CN)cc1.Cl. The number of halogens is 1. The molecule has 1 unspecified atom stereocenters. The average molecular weight is 377 g/mol. The number of rotatable bonds is 8. The van der Waals surface area contributed by atoms with Crippen molar-refractivity contribution in [2.24, 2.45) is 11.7 Å². The lowest BCUT2D eigenvalue weighted by Gasteiger charge is -2.23. The largest absolute Gasteiger partial charge is 0.494 e. The number of nitrogens with two attached hydrogens (primary N) is 1. The summed E-state index contributed by atoms with van der Waals surface area (Å²) in [7, 11) is 0. The third-order valence-electron chi connectivity index (χ3n) is 4.06. The number of benzene rings is 2. The molecule has 0 aliphatic rings. The molecule has 0 heterocycles. The van der Waals surface area contributed by atoms with E-state index in [1.54, 1.807) is 0 Å². The lowest BCUT2D eigenvalue weighted by atomic mass is 9.95. The molecule has 0 bridgehead atoms. The van der Waals surface area contributed by atoms with E-state index in [0.29, 0.717) is 24.6 Å². The molecule has 4 nitrogen and oxygen atoms in total. The fourth-order valence-electron chi connectivity index (χ4n) is 2.82. The van der Waals surface area contributed by atoms with Gasteiger partial charge in [-0.15, -0.1) is 12.4 Å². The Labute approximate surface area is 162 Å². The van der Waals surface area contributed by atoms with Crippen molar-refractivity contribution in [3.63, 3.8) is 0 Å². The zero-order chi connectivity index (χ0) is 18.2. The van der Waals surface area contributed by atoms with E-state index in [2.05, 4.69) is 19.2 Å². The second-order valence-electron chi connectivity index (χ2n) is 6.53. The summed E-state index contributed by atoms with van der Waals surface area (Å²) in [5.74, 6) is 1.19. The predicted molar refractivity (Wildman–Crippen MR) is 109 cm³/mol. The van der Waals surface area contributed by atoms with Crippen molar-refractivity contribution in [1.29, 1.82) is 0 Å². The van der Waals surface area contributed by atoms with Crippen LogP contribution >= 0.6 is 12.4 Å². The Morgan fingerprint density at radius 3 is 2.35 bits per heavy atom. The van der Waals surface area contributed by atoms with Crippen LogP contribution in [0.2, 0.25) is 0 Å². The Balaban J connectivity index is 0.00000338. The summed E-state index contributed by atoms with van der Waals surface area (Å²) in [6.07, 6.45) is 0.844. The van der Waals surface area contributed by atoms with Crippen LogP contribution < -0.4 is 15.8 Å². The van der Waals surface area contributed by atoms with Crippen LogP contribution in [-0.2, 0) is 6.54 Å². The van der Waals surface area contributed by atoms with Gasteiger partial charge in [0.25, 0.3) is 5.91 Å². The number of ether oxygens (including phenoxy) is 1. The summed E-state index contributed by atoms with van der Waals surface area (Å²) in [6.45, 7) is 7.34. The molecule has 0 fully saturated rings. The third-order valence-corrected chi connectivity index (χ3v) is 4.06. The van der Waals surface area contributed by atoms with Crippen LogP contribution in [0.3, 0.4) is 0 Å². The fraction of sp³-hybridized carbons (Fsp3) is 0.381. The van der Waals surface area contributed by atoms with Crippen LogP contribution in [0.1, 0.15) is 54.7 Å². The van der Waals surface area contributed by atoms with Crippen LogP contribution in [0.25, 0.3) is 0 Å². The second kappa shape index (κ2) is 10.8. The minimum Gasteiger partial charge on any atom is -0.494 e. The Hall–Kier alpha value is -2.04. The summed E-state index contributed by atoms with van der Waals surface area (Å²) in [4.78, 5) is 12.7. The quantitative estimate of drug-likeness (QED) is 0.713. The normalized spacial score (nSPS) is 11.6. The molecule has 0 aliphatic heterocycles. The molecule has 2 rings (SSSR count). The first-order chi connectivity index (χ1) is 12.0. The summed E-state index contributed by atoms with van der Waals surface area (Å²) >= 11 is 0. The van der Waals surface area contributed by atoms with Gasteiger partial charge in [0.15, 0.2) is 0 Å². The minimum atomic E-state index is -0.0931. The molecule has 0 saturated carbocycles. The maximum Gasteiger partial charge on any atom is 0.251 e. The van der Waals surface area contributed by atoms with Crippen molar-refractivity contribution in [3.8, 4) is 5.75 Å². The molecule has 3 N–H and O–H groups in total. The first kappa shape index (κ1) is 22.0. The number of nitrogens with one attached hydrogen (secondary N) is 1. The molecule has 0 saturated heterocycles. The van der Waals surface area contributed by atoms with Gasteiger partial charge in [0, 0.05) is 17.7 Å². The summed E-state index contributed by atoms with van der Waals surface area (Å²) < 4.78 is 5.75. The van der Waals surface area contributed by atoms with Crippen LogP contribution in [0.5, 0.6) is 5.75 Å². The minimum absolute atomic E-state index is 0. The molecule has 0 aromatic heterocycles. The highest BCUT2D eigenvalue weighted by molar-refractivity contribution is 5.94. The van der Waals surface area contributed by atoms with Gasteiger partial charge in [-0.1, -0.05) is 44.2 Å². The lowest BCUT2D eigenvalue weighted by Crippen LogP contribution is -2.30. The number of hydrogen-bond donors (Lipinski definition) is 2. The van der Waals surface area contributed by atoms with Crippen molar-refractivity contribution < 1.29 is 9.53 Å². The number of amides is 1. The van der Waals surface area contributed by atoms with Crippen molar-refractivity contribution in [2.75, 3.05) is 6.61 Å². The number of carbonyl (C=O) groups excluding carboxylic acids is 1. The summed E-state index contributed by atoms with van der Waals surface area (Å²) in [5, 5.41) is 3.17. The maximum absolute atomic E-state index is 12.7. The molecule has 1 amide bonds. The zero-order valence-electron chi connectivity index (χ0n) is 15.7. The number of carbonyl (C=O) groups is 1. The van der Waals surface area contributed by atoms with E-state index in [4.69, 9.17) is 10.5 Å². The molecule has 26 heavy (non-hydrogen) atoms. The van der Waals surface area contributed by atoms with Crippen molar-refractivity contribution in [3.05, 3.63) is 65.2 Å². The van der Waals surface area contributed by atoms with Gasteiger partial charge >= 0.3 is 0 Å². The lowest BCUT2D eigenvalue weighted by molar-refractivity contribution is 0.0931. The summed E-state index contributed by atoms with van der Waals surface area (Å²) in [5.41, 5.74) is 8.29. The van der Waals surface area contributed by atoms with E-state index in [1.165, 1.54) is 0 Å². The van der Waals surface area contributed by atoms with E-state index in [1.807, 2.05) is 55.5 Å². The van der Waals surface area contributed by atoms with Gasteiger partial charge in [-0.3, -0.25) is 4.79 Å². The van der Waals surface area contributed by atoms with Gasteiger partial charge in [0.05, 0.1) is 12.6 Å². The Bertz CT molecular complexity index is 687. The van der Waals surface area contributed by atoms with Crippen LogP contribution in [0, 0.1) is 5.92 Å². The highest BCUT2D eigenvalue weighted by Crippen LogP contribution is 2.30. The van der Waals surface area contributed by atoms with E-state index < -0.39 is 0 Å². The van der Waals surface area contributed by atoms with Gasteiger partial charge in [0.1, 0.15) is 5.75 Å². The second-order valence-corrected chi connectivity index (χ2v) is 6.53. The molecular weight excluding hydrogens is 348 g/mol. The van der Waals surface area contributed by atoms with E-state index in [0.717, 1.165) is 23.3 Å². The zero-order valence-corrected chi connectivity index (χ0v) is 16.5. The molecule has 0 radical (unpaired) electrons. The topological polar surface area (TPSA) is 64.3 Å². The fourth-order valence-corrected chi connectivity index (χ4v) is 2.82. The highest BCUT2D eigenvalue weighted by Gasteiger charge is 2.20. The molecule has 0 spiro atoms. The monoisotopic (exact) mass is 376 g/mol. The van der Waals surface area contributed by atoms with Gasteiger partial charge in [-0.25, -0.2) is 0 Å². The van der Waals surface area contributed by atoms with Crippen molar-refractivity contribution in [1.82, 2.24) is 5.32 Å². The molecule has 5 heteroatoms. The van der Waals surface area contributed by atoms with E-state index in [-0.39, 0.29) is 24.4 Å². The predicted octanol–water partition coefficient (Wildman–Crippen LogP) is 4.48. The van der Waals surface area contributed by atoms with Crippen molar-refractivity contribution in [2.45, 2.75) is 39.8 Å².